The summed E-state index contributed by atoms with van der Waals surface area (Å²) in [6.07, 6.45) is 2.25. The number of rotatable bonds is 3. The van der Waals surface area contributed by atoms with Crippen molar-refractivity contribution in [3.05, 3.63) is 53.6 Å². The zero-order chi connectivity index (χ0) is 16.7. The average molecular weight is 341 g/mol. The Hall–Kier alpha value is -2.00. The first-order valence-corrected chi connectivity index (χ1v) is 9.12. The zero-order valence-electron chi connectivity index (χ0n) is 13.8. The highest BCUT2D eigenvalue weighted by atomic mass is 35.5. The van der Waals surface area contributed by atoms with Crippen LogP contribution in [0.15, 0.2) is 42.5 Å². The van der Waals surface area contributed by atoms with Gasteiger partial charge in [-0.3, -0.25) is 4.79 Å². The van der Waals surface area contributed by atoms with Gasteiger partial charge >= 0.3 is 0 Å². The first-order valence-electron chi connectivity index (χ1n) is 8.58. The Labute approximate surface area is 147 Å². The molecule has 124 valence electrons. The molecule has 4 heteroatoms. The van der Waals surface area contributed by atoms with E-state index in [1.54, 1.807) is 0 Å². The van der Waals surface area contributed by atoms with E-state index in [9.17, 15) is 4.79 Å². The van der Waals surface area contributed by atoms with Crippen LogP contribution in [-0.2, 0) is 11.2 Å². The van der Waals surface area contributed by atoms with Crippen molar-refractivity contribution in [3.63, 3.8) is 0 Å². The summed E-state index contributed by atoms with van der Waals surface area (Å²) < 4.78 is 0. The number of para-hydroxylation sites is 3. The summed E-state index contributed by atoms with van der Waals surface area (Å²) in [5, 5.41) is 0. The molecule has 1 atom stereocenters. The van der Waals surface area contributed by atoms with Gasteiger partial charge < -0.3 is 9.80 Å². The van der Waals surface area contributed by atoms with Crippen molar-refractivity contribution in [2.75, 3.05) is 22.2 Å². The molecule has 3 nitrogen and oxygen atoms in total. The molecule has 0 aliphatic carbocycles. The molecule has 2 aromatic rings. The van der Waals surface area contributed by atoms with Gasteiger partial charge in [-0.1, -0.05) is 30.3 Å². The fraction of sp³-hybridized carbons (Fsp3) is 0.350. The lowest BCUT2D eigenvalue weighted by Gasteiger charge is -2.29. The number of hydrogen-bond donors (Lipinski definition) is 0. The maximum atomic E-state index is 13.0. The molecule has 0 aromatic heterocycles. The number of anilines is 3. The molecule has 0 saturated heterocycles. The molecule has 24 heavy (non-hydrogen) atoms. The summed E-state index contributed by atoms with van der Waals surface area (Å²) in [5.74, 6) is 0.664. The lowest BCUT2D eigenvalue weighted by Crippen LogP contribution is -2.33. The Bertz CT molecular complexity index is 789. The molecule has 0 bridgehead atoms. The maximum Gasteiger partial charge on any atom is 0.227 e. The molecular formula is C20H21ClN2O. The van der Waals surface area contributed by atoms with Crippen LogP contribution in [0.25, 0.3) is 0 Å². The Morgan fingerprint density at radius 1 is 1.17 bits per heavy atom. The fourth-order valence-corrected chi connectivity index (χ4v) is 4.13. The number of hydrogen-bond acceptors (Lipinski definition) is 2. The summed E-state index contributed by atoms with van der Waals surface area (Å²) >= 11 is 5.81. The van der Waals surface area contributed by atoms with Crippen LogP contribution in [0.2, 0.25) is 0 Å². The van der Waals surface area contributed by atoms with Gasteiger partial charge in [0.15, 0.2) is 0 Å². The van der Waals surface area contributed by atoms with Crippen molar-refractivity contribution in [2.24, 2.45) is 0 Å². The van der Waals surface area contributed by atoms with E-state index in [0.717, 1.165) is 24.3 Å². The highest BCUT2D eigenvalue weighted by molar-refractivity contribution is 6.18. The van der Waals surface area contributed by atoms with Crippen molar-refractivity contribution < 1.29 is 4.79 Å². The maximum absolute atomic E-state index is 13.0. The van der Waals surface area contributed by atoms with E-state index in [1.165, 1.54) is 16.8 Å². The van der Waals surface area contributed by atoms with E-state index in [4.69, 9.17) is 11.6 Å². The number of benzene rings is 2. The fourth-order valence-electron chi connectivity index (χ4n) is 4.00. The normalized spacial score (nSPS) is 18.2. The smallest absolute Gasteiger partial charge is 0.227 e. The highest BCUT2D eigenvalue weighted by Gasteiger charge is 2.35. The van der Waals surface area contributed by atoms with Crippen LogP contribution >= 0.6 is 11.6 Å². The van der Waals surface area contributed by atoms with Gasteiger partial charge in [0.2, 0.25) is 5.91 Å². The van der Waals surface area contributed by atoms with Crippen LogP contribution in [0.3, 0.4) is 0 Å². The van der Waals surface area contributed by atoms with Gasteiger partial charge in [-0.2, -0.15) is 0 Å². The minimum Gasteiger partial charge on any atom is -0.339 e. The standard InChI is InChI=1S/C20H21ClN2O/c1-14-16-7-4-6-15-11-13-22(20(15)16)17-8-2-3-9-18(17)23(14)19(24)10-5-12-21/h2-4,6-9,14H,5,10-13H2,1H3. The molecular weight excluding hydrogens is 320 g/mol. The number of carbonyl (C=O) groups is 1. The quantitative estimate of drug-likeness (QED) is 0.749. The number of carbonyl (C=O) groups excluding carboxylic acids is 1. The van der Waals surface area contributed by atoms with Crippen molar-refractivity contribution >= 4 is 34.6 Å². The van der Waals surface area contributed by atoms with Gasteiger partial charge in [0.25, 0.3) is 0 Å². The number of nitrogens with zero attached hydrogens (tertiary/aromatic N) is 2. The van der Waals surface area contributed by atoms with Crippen molar-refractivity contribution in [1.82, 2.24) is 0 Å². The van der Waals surface area contributed by atoms with Gasteiger partial charge in [-0.05, 0) is 43.0 Å². The van der Waals surface area contributed by atoms with Gasteiger partial charge in [0.1, 0.15) is 0 Å². The minimum absolute atomic E-state index is 0.0204. The lowest BCUT2D eigenvalue weighted by molar-refractivity contribution is -0.119. The minimum atomic E-state index is 0.0204. The Morgan fingerprint density at radius 2 is 1.96 bits per heavy atom. The Kier molecular flexibility index (Phi) is 3.97. The lowest BCUT2D eigenvalue weighted by atomic mass is 10.0. The number of amides is 1. The van der Waals surface area contributed by atoms with Crippen molar-refractivity contribution in [1.29, 1.82) is 0 Å². The molecule has 0 radical (unpaired) electrons. The second-order valence-electron chi connectivity index (χ2n) is 6.48. The van der Waals surface area contributed by atoms with Crippen LogP contribution in [-0.4, -0.2) is 18.3 Å². The van der Waals surface area contributed by atoms with E-state index < -0.39 is 0 Å². The molecule has 1 amide bonds. The third-order valence-electron chi connectivity index (χ3n) is 5.09. The molecule has 2 aliphatic heterocycles. The summed E-state index contributed by atoms with van der Waals surface area (Å²) in [5.41, 5.74) is 6.05. The topological polar surface area (TPSA) is 23.6 Å². The van der Waals surface area contributed by atoms with E-state index in [2.05, 4.69) is 48.2 Å². The average Bonchev–Trinajstić information content (AvgIpc) is 3.00. The van der Waals surface area contributed by atoms with Crippen LogP contribution in [0.1, 0.15) is 36.9 Å². The highest BCUT2D eigenvalue weighted by Crippen LogP contribution is 2.49. The second kappa shape index (κ2) is 6.14. The third kappa shape index (κ3) is 2.30. The van der Waals surface area contributed by atoms with Crippen LogP contribution in [0.5, 0.6) is 0 Å². The zero-order valence-corrected chi connectivity index (χ0v) is 14.6. The summed E-state index contributed by atoms with van der Waals surface area (Å²) in [4.78, 5) is 17.3. The first-order chi connectivity index (χ1) is 11.7. The molecule has 1 unspecified atom stereocenters. The molecule has 2 aliphatic rings. The molecule has 0 spiro atoms. The molecule has 0 fully saturated rings. The summed E-state index contributed by atoms with van der Waals surface area (Å²) in [7, 11) is 0. The largest absolute Gasteiger partial charge is 0.339 e. The Balaban J connectivity index is 1.89. The summed E-state index contributed by atoms with van der Waals surface area (Å²) in [6, 6.07) is 14.8. The van der Waals surface area contributed by atoms with Crippen LogP contribution in [0.4, 0.5) is 17.1 Å². The molecule has 2 heterocycles. The molecule has 0 saturated carbocycles. The van der Waals surface area contributed by atoms with E-state index >= 15 is 0 Å². The summed E-state index contributed by atoms with van der Waals surface area (Å²) in [6.45, 7) is 3.10. The monoisotopic (exact) mass is 340 g/mol. The van der Waals surface area contributed by atoms with E-state index in [-0.39, 0.29) is 11.9 Å². The van der Waals surface area contributed by atoms with Gasteiger partial charge in [-0.15, -0.1) is 11.6 Å². The van der Waals surface area contributed by atoms with Crippen molar-refractivity contribution in [3.8, 4) is 0 Å². The first kappa shape index (κ1) is 15.5. The number of fused-ring (bicyclic) bond motifs is 2. The van der Waals surface area contributed by atoms with Gasteiger partial charge in [0, 0.05) is 24.5 Å². The number of alkyl halides is 1. The number of halogens is 1. The molecule has 4 rings (SSSR count). The predicted molar refractivity (Wildman–Crippen MR) is 99.4 cm³/mol. The van der Waals surface area contributed by atoms with E-state index in [0.29, 0.717) is 18.7 Å². The van der Waals surface area contributed by atoms with Gasteiger partial charge in [0.05, 0.1) is 17.4 Å². The van der Waals surface area contributed by atoms with E-state index in [1.807, 2.05) is 11.0 Å². The Morgan fingerprint density at radius 3 is 2.75 bits per heavy atom. The van der Waals surface area contributed by atoms with Crippen LogP contribution in [0, 0.1) is 0 Å². The van der Waals surface area contributed by atoms with Gasteiger partial charge in [-0.25, -0.2) is 0 Å². The molecule has 0 N–H and O–H groups in total. The predicted octanol–water partition coefficient (Wildman–Crippen LogP) is 4.81. The van der Waals surface area contributed by atoms with Crippen LogP contribution < -0.4 is 9.80 Å². The second-order valence-corrected chi connectivity index (χ2v) is 6.86. The SMILES string of the molecule is CC1c2cccc3c2N(CC3)c2ccccc2N1C(=O)CCCCl. The van der Waals surface area contributed by atoms with Crippen molar-refractivity contribution in [2.45, 2.75) is 32.2 Å². The third-order valence-corrected chi connectivity index (χ3v) is 5.36. The molecule has 2 aromatic carbocycles.